The molecule has 0 heterocycles. The molecular weight excluding hydrogens is 216 g/mol. The number of hydrogen-bond acceptors (Lipinski definition) is 2. The van der Waals surface area contributed by atoms with E-state index in [0.29, 0.717) is 0 Å². The van der Waals surface area contributed by atoms with Crippen LogP contribution in [0.4, 0.5) is 0 Å². The van der Waals surface area contributed by atoms with Gasteiger partial charge >= 0.3 is 9.28 Å². The standard InChI is InChI=1S/C13H19O2Si/c1-4-12-7-9-13(10-8-12)11-16(14-5-2)15-6-3/h4,7-10H,1,5-6,11H2,2-3H3. The molecule has 0 aliphatic rings. The Bertz CT molecular complexity index is 302. The highest BCUT2D eigenvalue weighted by molar-refractivity contribution is 6.43. The summed E-state index contributed by atoms with van der Waals surface area (Å²) < 4.78 is 11.2. The Kier molecular flexibility index (Phi) is 6.07. The van der Waals surface area contributed by atoms with Gasteiger partial charge < -0.3 is 8.85 Å². The van der Waals surface area contributed by atoms with Gasteiger partial charge in [0.2, 0.25) is 0 Å². The summed E-state index contributed by atoms with van der Waals surface area (Å²) in [7, 11) is -1.14. The van der Waals surface area contributed by atoms with Crippen molar-refractivity contribution in [3.63, 3.8) is 0 Å². The van der Waals surface area contributed by atoms with Crippen LogP contribution in [0.3, 0.4) is 0 Å². The summed E-state index contributed by atoms with van der Waals surface area (Å²) in [4.78, 5) is 0. The van der Waals surface area contributed by atoms with Gasteiger partial charge in [-0.1, -0.05) is 36.9 Å². The second-order valence-corrected chi connectivity index (χ2v) is 5.04. The summed E-state index contributed by atoms with van der Waals surface area (Å²) in [6.45, 7) is 9.19. The van der Waals surface area contributed by atoms with E-state index in [1.54, 1.807) is 0 Å². The smallest absolute Gasteiger partial charge is 0.389 e. The third kappa shape index (κ3) is 4.31. The SMILES string of the molecule is C=Cc1ccc(C[Si](OCC)OCC)cc1. The molecule has 0 atom stereocenters. The minimum absolute atomic E-state index is 0.721. The lowest BCUT2D eigenvalue weighted by Gasteiger charge is -2.13. The van der Waals surface area contributed by atoms with E-state index in [9.17, 15) is 0 Å². The second-order valence-electron chi connectivity index (χ2n) is 3.36. The van der Waals surface area contributed by atoms with Gasteiger partial charge in [0.05, 0.1) is 0 Å². The third-order valence-corrected chi connectivity index (χ3v) is 4.09. The van der Waals surface area contributed by atoms with Crippen LogP contribution in [-0.4, -0.2) is 22.5 Å². The molecule has 0 aromatic heterocycles. The maximum Gasteiger partial charge on any atom is 0.389 e. The molecule has 1 aromatic carbocycles. The summed E-state index contributed by atoms with van der Waals surface area (Å²) in [5.41, 5.74) is 2.41. The Hall–Kier alpha value is -0.903. The van der Waals surface area contributed by atoms with Crippen LogP contribution in [0.2, 0.25) is 0 Å². The van der Waals surface area contributed by atoms with E-state index in [1.165, 1.54) is 5.56 Å². The molecule has 1 rings (SSSR count). The van der Waals surface area contributed by atoms with Crippen molar-refractivity contribution >= 4 is 15.4 Å². The van der Waals surface area contributed by atoms with Crippen LogP contribution < -0.4 is 0 Å². The molecule has 16 heavy (non-hydrogen) atoms. The normalized spacial score (nSPS) is 10.7. The molecule has 0 saturated heterocycles. The van der Waals surface area contributed by atoms with Crippen molar-refractivity contribution in [3.05, 3.63) is 42.0 Å². The first-order valence-electron chi connectivity index (χ1n) is 5.63. The maximum atomic E-state index is 5.60. The molecule has 1 radical (unpaired) electrons. The van der Waals surface area contributed by atoms with Crippen LogP contribution in [0.15, 0.2) is 30.8 Å². The molecule has 0 spiro atoms. The lowest BCUT2D eigenvalue weighted by atomic mass is 10.1. The highest BCUT2D eigenvalue weighted by Crippen LogP contribution is 2.08. The average Bonchev–Trinajstić information content (AvgIpc) is 2.31. The van der Waals surface area contributed by atoms with Crippen molar-refractivity contribution in [3.8, 4) is 0 Å². The number of rotatable bonds is 7. The van der Waals surface area contributed by atoms with E-state index in [2.05, 4.69) is 30.8 Å². The third-order valence-electron chi connectivity index (χ3n) is 2.17. The largest absolute Gasteiger partial charge is 0.393 e. The van der Waals surface area contributed by atoms with E-state index in [-0.39, 0.29) is 0 Å². The van der Waals surface area contributed by atoms with Crippen LogP contribution in [-0.2, 0) is 14.9 Å². The molecule has 0 aliphatic carbocycles. The van der Waals surface area contributed by atoms with Crippen molar-refractivity contribution in [2.45, 2.75) is 19.9 Å². The molecule has 87 valence electrons. The lowest BCUT2D eigenvalue weighted by molar-refractivity contribution is 0.213. The van der Waals surface area contributed by atoms with E-state index in [1.807, 2.05) is 19.9 Å². The Morgan fingerprint density at radius 2 is 1.69 bits per heavy atom. The lowest BCUT2D eigenvalue weighted by Crippen LogP contribution is -2.26. The van der Waals surface area contributed by atoms with E-state index in [0.717, 1.165) is 24.8 Å². The molecular formula is C13H19O2Si. The minimum Gasteiger partial charge on any atom is -0.393 e. The van der Waals surface area contributed by atoms with Gasteiger partial charge in [0.25, 0.3) is 0 Å². The average molecular weight is 235 g/mol. The van der Waals surface area contributed by atoms with E-state index >= 15 is 0 Å². The summed E-state index contributed by atoms with van der Waals surface area (Å²) in [5.74, 6) is 0. The fraction of sp³-hybridized carbons (Fsp3) is 0.385. The van der Waals surface area contributed by atoms with Crippen LogP contribution >= 0.6 is 0 Å². The van der Waals surface area contributed by atoms with Gasteiger partial charge in [-0.05, 0) is 25.0 Å². The van der Waals surface area contributed by atoms with E-state index in [4.69, 9.17) is 8.85 Å². The zero-order valence-electron chi connectivity index (χ0n) is 10.0. The molecule has 0 bridgehead atoms. The predicted molar refractivity (Wildman–Crippen MR) is 69.2 cm³/mol. The molecule has 0 N–H and O–H groups in total. The summed E-state index contributed by atoms with van der Waals surface area (Å²) in [6, 6.07) is 9.25. The number of benzene rings is 1. The van der Waals surface area contributed by atoms with Crippen LogP contribution in [0.5, 0.6) is 0 Å². The fourth-order valence-corrected chi connectivity index (χ4v) is 2.90. The van der Waals surface area contributed by atoms with Crippen molar-refractivity contribution < 1.29 is 8.85 Å². The first kappa shape index (κ1) is 13.2. The van der Waals surface area contributed by atoms with Gasteiger partial charge in [-0.15, -0.1) is 0 Å². The van der Waals surface area contributed by atoms with Gasteiger partial charge in [-0.25, -0.2) is 0 Å². The summed E-state index contributed by atoms with van der Waals surface area (Å²) in [5, 5.41) is 0. The Labute approximate surface area is 99.7 Å². The quantitative estimate of drug-likeness (QED) is 0.676. The van der Waals surface area contributed by atoms with Gasteiger partial charge in [-0.2, -0.15) is 0 Å². The molecule has 2 nitrogen and oxygen atoms in total. The Morgan fingerprint density at radius 3 is 2.12 bits per heavy atom. The first-order chi connectivity index (χ1) is 7.80. The van der Waals surface area contributed by atoms with Gasteiger partial charge in [0, 0.05) is 19.3 Å². The van der Waals surface area contributed by atoms with Crippen molar-refractivity contribution in [1.82, 2.24) is 0 Å². The Balaban J connectivity index is 2.58. The fourth-order valence-electron chi connectivity index (χ4n) is 1.40. The molecule has 0 unspecified atom stereocenters. The first-order valence-corrected chi connectivity index (χ1v) is 7.15. The van der Waals surface area contributed by atoms with Crippen molar-refractivity contribution in [2.75, 3.05) is 13.2 Å². The van der Waals surface area contributed by atoms with Gasteiger partial charge in [0.1, 0.15) is 0 Å². The molecule has 1 aromatic rings. The summed E-state index contributed by atoms with van der Waals surface area (Å²) in [6.07, 6.45) is 1.85. The molecule has 0 aliphatic heterocycles. The second kappa shape index (κ2) is 7.38. The zero-order chi connectivity index (χ0) is 11.8. The topological polar surface area (TPSA) is 18.5 Å². The molecule has 3 heteroatoms. The predicted octanol–water partition coefficient (Wildman–Crippen LogP) is 2.97. The minimum atomic E-state index is -1.14. The van der Waals surface area contributed by atoms with Gasteiger partial charge in [-0.3, -0.25) is 0 Å². The molecule has 0 fully saturated rings. The van der Waals surface area contributed by atoms with Crippen LogP contribution in [0.25, 0.3) is 6.08 Å². The summed E-state index contributed by atoms with van der Waals surface area (Å²) >= 11 is 0. The zero-order valence-corrected chi connectivity index (χ0v) is 11.0. The Morgan fingerprint density at radius 1 is 1.12 bits per heavy atom. The van der Waals surface area contributed by atoms with Crippen LogP contribution in [0.1, 0.15) is 25.0 Å². The molecule has 0 amide bonds. The van der Waals surface area contributed by atoms with Crippen molar-refractivity contribution in [1.29, 1.82) is 0 Å². The highest BCUT2D eigenvalue weighted by atomic mass is 28.3. The van der Waals surface area contributed by atoms with Gasteiger partial charge in [0.15, 0.2) is 0 Å². The van der Waals surface area contributed by atoms with Crippen LogP contribution in [0, 0.1) is 0 Å². The molecule has 0 saturated carbocycles. The highest BCUT2D eigenvalue weighted by Gasteiger charge is 2.14. The van der Waals surface area contributed by atoms with E-state index < -0.39 is 9.28 Å². The van der Waals surface area contributed by atoms with Crippen molar-refractivity contribution in [2.24, 2.45) is 0 Å². The monoisotopic (exact) mass is 235 g/mol. The number of hydrogen-bond donors (Lipinski definition) is 0. The maximum absolute atomic E-state index is 5.60.